The SMILES string of the molecule is Cc1cc(C)nc(SCc2ccc(C#CCCO)s2)n1. The fourth-order valence-corrected chi connectivity index (χ4v) is 3.50. The Hall–Kier alpha value is -1.35. The highest BCUT2D eigenvalue weighted by Crippen LogP contribution is 2.24. The second-order valence-corrected chi connectivity index (χ2v) is 6.37. The third kappa shape index (κ3) is 4.64. The summed E-state index contributed by atoms with van der Waals surface area (Å²) in [6.07, 6.45) is 0.526. The number of aliphatic hydroxyl groups excluding tert-OH is 1. The molecule has 2 aromatic rings. The molecule has 0 aliphatic carbocycles. The topological polar surface area (TPSA) is 46.0 Å². The van der Waals surface area contributed by atoms with Crippen molar-refractivity contribution in [3.05, 3.63) is 39.3 Å². The minimum Gasteiger partial charge on any atom is -0.395 e. The van der Waals surface area contributed by atoms with Gasteiger partial charge in [-0.3, -0.25) is 0 Å². The Kier molecular flexibility index (Phi) is 5.60. The predicted molar refractivity (Wildman–Crippen MR) is 84.0 cm³/mol. The van der Waals surface area contributed by atoms with Crippen molar-refractivity contribution < 1.29 is 5.11 Å². The average molecular weight is 304 g/mol. The fourth-order valence-electron chi connectivity index (χ4n) is 1.62. The number of hydrogen-bond donors (Lipinski definition) is 1. The van der Waals surface area contributed by atoms with Gasteiger partial charge in [0, 0.05) is 28.4 Å². The summed E-state index contributed by atoms with van der Waals surface area (Å²) >= 11 is 3.32. The summed E-state index contributed by atoms with van der Waals surface area (Å²) in [6.45, 7) is 4.09. The van der Waals surface area contributed by atoms with Crippen LogP contribution in [0.1, 0.15) is 27.6 Å². The molecule has 20 heavy (non-hydrogen) atoms. The fraction of sp³-hybridized carbons (Fsp3) is 0.333. The molecule has 3 nitrogen and oxygen atoms in total. The molecule has 104 valence electrons. The van der Waals surface area contributed by atoms with Gasteiger partial charge in [0.1, 0.15) is 0 Å². The van der Waals surface area contributed by atoms with E-state index in [2.05, 4.69) is 27.9 Å². The van der Waals surface area contributed by atoms with Crippen LogP contribution < -0.4 is 0 Å². The highest BCUT2D eigenvalue weighted by molar-refractivity contribution is 7.98. The molecule has 0 atom stereocenters. The third-order valence-corrected chi connectivity index (χ3v) is 4.49. The van der Waals surface area contributed by atoms with Crippen LogP contribution in [0.15, 0.2) is 23.4 Å². The predicted octanol–water partition coefficient (Wildman–Crippen LogP) is 3.18. The Morgan fingerprint density at radius 2 is 2.00 bits per heavy atom. The zero-order valence-electron chi connectivity index (χ0n) is 11.5. The van der Waals surface area contributed by atoms with E-state index in [4.69, 9.17) is 5.11 Å². The Morgan fingerprint density at radius 1 is 1.25 bits per heavy atom. The summed E-state index contributed by atoms with van der Waals surface area (Å²) in [7, 11) is 0. The number of aryl methyl sites for hydroxylation is 2. The van der Waals surface area contributed by atoms with E-state index in [1.54, 1.807) is 23.1 Å². The molecule has 0 radical (unpaired) electrons. The molecule has 0 saturated carbocycles. The molecule has 1 N–H and O–H groups in total. The lowest BCUT2D eigenvalue weighted by Gasteiger charge is -2.01. The molecular weight excluding hydrogens is 288 g/mol. The second-order valence-electron chi connectivity index (χ2n) is 4.26. The van der Waals surface area contributed by atoms with Crippen molar-refractivity contribution in [3.8, 4) is 11.8 Å². The summed E-state index contributed by atoms with van der Waals surface area (Å²) < 4.78 is 0. The summed E-state index contributed by atoms with van der Waals surface area (Å²) in [5, 5.41) is 9.51. The van der Waals surface area contributed by atoms with Crippen molar-refractivity contribution in [2.75, 3.05) is 6.61 Å². The van der Waals surface area contributed by atoms with E-state index in [9.17, 15) is 0 Å². The number of hydrogen-bond acceptors (Lipinski definition) is 5. The number of thiophene rings is 1. The van der Waals surface area contributed by atoms with Gasteiger partial charge in [-0.25, -0.2) is 9.97 Å². The highest BCUT2D eigenvalue weighted by atomic mass is 32.2. The molecule has 0 aliphatic heterocycles. The number of thioether (sulfide) groups is 1. The smallest absolute Gasteiger partial charge is 0.188 e. The van der Waals surface area contributed by atoms with E-state index < -0.39 is 0 Å². The minimum absolute atomic E-state index is 0.116. The van der Waals surface area contributed by atoms with Crippen molar-refractivity contribution in [1.29, 1.82) is 0 Å². The van der Waals surface area contributed by atoms with E-state index in [0.29, 0.717) is 6.42 Å². The molecule has 0 unspecified atom stereocenters. The third-order valence-electron chi connectivity index (χ3n) is 2.42. The van der Waals surface area contributed by atoms with Crippen molar-refractivity contribution in [2.45, 2.75) is 31.2 Å². The van der Waals surface area contributed by atoms with Crippen LogP contribution in [0.5, 0.6) is 0 Å². The molecule has 5 heteroatoms. The van der Waals surface area contributed by atoms with E-state index in [1.807, 2.05) is 26.0 Å². The maximum absolute atomic E-state index is 8.69. The van der Waals surface area contributed by atoms with Crippen LogP contribution in [0.3, 0.4) is 0 Å². The van der Waals surface area contributed by atoms with Gasteiger partial charge in [0.05, 0.1) is 11.5 Å². The maximum atomic E-state index is 8.69. The first-order valence-corrected chi connectivity index (χ1v) is 8.11. The van der Waals surface area contributed by atoms with Crippen LogP contribution in [0, 0.1) is 25.7 Å². The molecule has 0 spiro atoms. The molecule has 0 bridgehead atoms. The van der Waals surface area contributed by atoms with Crippen molar-refractivity contribution in [1.82, 2.24) is 9.97 Å². The number of aliphatic hydroxyl groups is 1. The lowest BCUT2D eigenvalue weighted by atomic mass is 10.4. The number of aromatic nitrogens is 2. The molecular formula is C15H16N2OS2. The van der Waals surface area contributed by atoms with E-state index in [1.165, 1.54) is 4.88 Å². The standard InChI is InChI=1S/C15H16N2OS2/c1-11-9-12(2)17-15(16-11)19-10-14-7-6-13(20-14)5-3-4-8-18/h6-7,9,18H,4,8,10H2,1-2H3. The van der Waals surface area contributed by atoms with Crippen molar-refractivity contribution in [2.24, 2.45) is 0 Å². The quantitative estimate of drug-likeness (QED) is 0.535. The first-order chi connectivity index (χ1) is 9.67. The molecule has 0 saturated heterocycles. The molecule has 0 aromatic carbocycles. The van der Waals surface area contributed by atoms with Crippen LogP contribution in [0.4, 0.5) is 0 Å². The Balaban J connectivity index is 1.96. The zero-order valence-corrected chi connectivity index (χ0v) is 13.1. The highest BCUT2D eigenvalue weighted by Gasteiger charge is 2.03. The van der Waals surface area contributed by atoms with Gasteiger partial charge >= 0.3 is 0 Å². The Labute approximate surface area is 127 Å². The Bertz CT molecular complexity index is 621. The van der Waals surface area contributed by atoms with Crippen LogP contribution >= 0.6 is 23.1 Å². The Morgan fingerprint density at radius 3 is 2.70 bits per heavy atom. The van der Waals surface area contributed by atoms with Gasteiger partial charge in [-0.15, -0.1) is 11.3 Å². The monoisotopic (exact) mass is 304 g/mol. The molecule has 0 fully saturated rings. The summed E-state index contributed by atoms with van der Waals surface area (Å²) in [5.41, 5.74) is 2.00. The number of nitrogens with zero attached hydrogens (tertiary/aromatic N) is 2. The zero-order chi connectivity index (χ0) is 14.4. The maximum Gasteiger partial charge on any atom is 0.188 e. The van der Waals surface area contributed by atoms with Gasteiger partial charge in [0.15, 0.2) is 5.16 Å². The van der Waals surface area contributed by atoms with Crippen molar-refractivity contribution in [3.63, 3.8) is 0 Å². The van der Waals surface area contributed by atoms with Gasteiger partial charge in [-0.1, -0.05) is 23.6 Å². The molecule has 0 aliphatic rings. The summed E-state index contributed by atoms with van der Waals surface area (Å²) in [6, 6.07) is 6.08. The van der Waals surface area contributed by atoms with Crippen LogP contribution in [0.25, 0.3) is 0 Å². The lowest BCUT2D eigenvalue weighted by molar-refractivity contribution is 0.305. The van der Waals surface area contributed by atoms with Gasteiger partial charge in [0.25, 0.3) is 0 Å². The first kappa shape index (κ1) is 15.0. The van der Waals surface area contributed by atoms with E-state index in [0.717, 1.165) is 27.2 Å². The molecule has 0 amide bonds. The molecule has 2 heterocycles. The summed E-state index contributed by atoms with van der Waals surface area (Å²) in [5.74, 6) is 6.84. The number of rotatable bonds is 4. The van der Waals surface area contributed by atoms with Crippen LogP contribution in [0.2, 0.25) is 0 Å². The normalized spacial score (nSPS) is 10.2. The van der Waals surface area contributed by atoms with Gasteiger partial charge in [0.2, 0.25) is 0 Å². The van der Waals surface area contributed by atoms with Gasteiger partial charge in [-0.2, -0.15) is 0 Å². The second kappa shape index (κ2) is 7.44. The van der Waals surface area contributed by atoms with Gasteiger partial charge in [-0.05, 0) is 32.0 Å². The molecule has 2 aromatic heterocycles. The molecule has 2 rings (SSSR count). The van der Waals surface area contributed by atoms with Crippen LogP contribution in [-0.4, -0.2) is 21.7 Å². The van der Waals surface area contributed by atoms with E-state index >= 15 is 0 Å². The largest absolute Gasteiger partial charge is 0.395 e. The van der Waals surface area contributed by atoms with E-state index in [-0.39, 0.29) is 6.61 Å². The average Bonchev–Trinajstić information content (AvgIpc) is 2.84. The van der Waals surface area contributed by atoms with Crippen molar-refractivity contribution >= 4 is 23.1 Å². The lowest BCUT2D eigenvalue weighted by Crippen LogP contribution is -1.92. The van der Waals surface area contributed by atoms with Gasteiger partial charge < -0.3 is 5.11 Å². The first-order valence-electron chi connectivity index (χ1n) is 6.31. The van der Waals surface area contributed by atoms with Crippen LogP contribution in [-0.2, 0) is 5.75 Å². The summed E-state index contributed by atoms with van der Waals surface area (Å²) in [4.78, 5) is 11.1. The minimum atomic E-state index is 0.116.